The van der Waals surface area contributed by atoms with Crippen molar-refractivity contribution in [2.75, 3.05) is 20.1 Å². The third-order valence-electron chi connectivity index (χ3n) is 6.45. The molecular weight excluding hydrogens is 380 g/mol. The molecule has 4 atom stereocenters. The van der Waals surface area contributed by atoms with Crippen molar-refractivity contribution in [2.45, 2.75) is 90.3 Å². The molecule has 2 rings (SSSR count). The summed E-state index contributed by atoms with van der Waals surface area (Å²) >= 11 is 0. The minimum absolute atomic E-state index is 0.0169. The van der Waals surface area contributed by atoms with E-state index in [-0.39, 0.29) is 42.4 Å². The van der Waals surface area contributed by atoms with Crippen molar-refractivity contribution in [3.05, 3.63) is 12.2 Å². The Kier molecular flexibility index (Phi) is 10.6. The van der Waals surface area contributed by atoms with Crippen molar-refractivity contribution >= 4 is 17.6 Å². The van der Waals surface area contributed by atoms with Gasteiger partial charge in [-0.1, -0.05) is 31.9 Å². The van der Waals surface area contributed by atoms with Crippen LogP contribution in [0.1, 0.15) is 78.1 Å². The molecule has 2 bridgehead atoms. The van der Waals surface area contributed by atoms with Crippen molar-refractivity contribution in [1.29, 1.82) is 0 Å². The number of Topliss-reactive ketones (excluding diaryl/α,β-unsaturated/α-hetero) is 1. The Morgan fingerprint density at radius 3 is 2.50 bits per heavy atom. The van der Waals surface area contributed by atoms with Gasteiger partial charge in [0.25, 0.3) is 0 Å². The van der Waals surface area contributed by atoms with Gasteiger partial charge < -0.3 is 15.0 Å². The number of ether oxygens (including phenoxy) is 1. The zero-order valence-corrected chi connectivity index (χ0v) is 19.0. The first kappa shape index (κ1) is 24.6. The number of allylic oxidation sites excluding steroid dienone is 2. The second kappa shape index (κ2) is 12.9. The number of likely N-dealkylation sites (N-methyl/N-ethyl adjacent to an activating group) is 1. The molecule has 30 heavy (non-hydrogen) atoms. The molecule has 170 valence electrons. The number of unbranched alkanes of at least 4 members (excludes halogenated alkanes) is 3. The predicted octanol–water partition coefficient (Wildman–Crippen LogP) is 3.64. The van der Waals surface area contributed by atoms with Crippen molar-refractivity contribution in [3.8, 4) is 0 Å². The first-order chi connectivity index (χ1) is 14.5. The molecule has 2 aliphatic rings. The van der Waals surface area contributed by atoms with Crippen LogP contribution in [-0.4, -0.2) is 54.8 Å². The van der Waals surface area contributed by atoms with Gasteiger partial charge in [-0.15, -0.1) is 0 Å². The SMILES string of the molecule is C/C=C/CCCC(=O)CC1C2CCC(O2)C1CNC(=O)CN(C)C(=O)CCCCC. The van der Waals surface area contributed by atoms with Crippen LogP contribution in [0.5, 0.6) is 0 Å². The molecule has 2 heterocycles. The number of carbonyl (C=O) groups excluding carboxylic acids is 3. The average Bonchev–Trinajstić information content (AvgIpc) is 3.31. The molecule has 0 aromatic heterocycles. The number of rotatable bonds is 14. The maximum absolute atomic E-state index is 12.4. The Labute approximate surface area is 181 Å². The summed E-state index contributed by atoms with van der Waals surface area (Å²) in [6.07, 6.45) is 12.9. The van der Waals surface area contributed by atoms with E-state index < -0.39 is 0 Å². The van der Waals surface area contributed by atoms with E-state index in [1.165, 1.54) is 4.90 Å². The van der Waals surface area contributed by atoms with E-state index in [1.54, 1.807) is 7.05 Å². The van der Waals surface area contributed by atoms with E-state index >= 15 is 0 Å². The zero-order valence-electron chi connectivity index (χ0n) is 19.0. The van der Waals surface area contributed by atoms with Crippen LogP contribution in [0.4, 0.5) is 0 Å². The van der Waals surface area contributed by atoms with Gasteiger partial charge in [0.1, 0.15) is 5.78 Å². The summed E-state index contributed by atoms with van der Waals surface area (Å²) in [5, 5.41) is 2.99. The second-order valence-electron chi connectivity index (χ2n) is 8.83. The molecular formula is C24H40N2O4. The highest BCUT2D eigenvalue weighted by atomic mass is 16.5. The van der Waals surface area contributed by atoms with Crippen LogP contribution < -0.4 is 5.32 Å². The maximum Gasteiger partial charge on any atom is 0.239 e. The largest absolute Gasteiger partial charge is 0.374 e. The lowest BCUT2D eigenvalue weighted by Gasteiger charge is -2.28. The minimum atomic E-state index is -0.138. The number of nitrogens with zero attached hydrogens (tertiary/aromatic N) is 1. The first-order valence-electron chi connectivity index (χ1n) is 11.7. The summed E-state index contributed by atoms with van der Waals surface area (Å²) < 4.78 is 6.07. The van der Waals surface area contributed by atoms with E-state index in [4.69, 9.17) is 4.74 Å². The summed E-state index contributed by atoms with van der Waals surface area (Å²) in [5.41, 5.74) is 0. The van der Waals surface area contributed by atoms with Gasteiger partial charge in [-0.2, -0.15) is 0 Å². The Bertz CT molecular complexity index is 604. The van der Waals surface area contributed by atoms with Gasteiger partial charge in [0.15, 0.2) is 0 Å². The molecule has 4 unspecified atom stereocenters. The van der Waals surface area contributed by atoms with Crippen LogP contribution in [-0.2, 0) is 19.1 Å². The van der Waals surface area contributed by atoms with Crippen molar-refractivity contribution in [2.24, 2.45) is 11.8 Å². The third-order valence-corrected chi connectivity index (χ3v) is 6.45. The number of hydrogen-bond acceptors (Lipinski definition) is 4. The number of amides is 2. The van der Waals surface area contributed by atoms with E-state index in [9.17, 15) is 14.4 Å². The fourth-order valence-corrected chi connectivity index (χ4v) is 4.69. The Balaban J connectivity index is 1.76. The van der Waals surface area contributed by atoms with Gasteiger partial charge in [0, 0.05) is 38.8 Å². The lowest BCUT2D eigenvalue weighted by atomic mass is 9.76. The topological polar surface area (TPSA) is 75.7 Å². The predicted molar refractivity (Wildman–Crippen MR) is 118 cm³/mol. The van der Waals surface area contributed by atoms with Crippen molar-refractivity contribution < 1.29 is 19.1 Å². The van der Waals surface area contributed by atoms with E-state index in [2.05, 4.69) is 18.3 Å². The molecule has 0 spiro atoms. The van der Waals surface area contributed by atoms with E-state index in [0.29, 0.717) is 31.6 Å². The molecule has 2 aliphatic heterocycles. The molecule has 0 saturated carbocycles. The number of carbonyl (C=O) groups is 3. The molecule has 6 nitrogen and oxygen atoms in total. The summed E-state index contributed by atoms with van der Waals surface area (Å²) in [6.45, 7) is 4.70. The normalized spacial score (nSPS) is 25.0. The molecule has 2 saturated heterocycles. The van der Waals surface area contributed by atoms with Gasteiger partial charge >= 0.3 is 0 Å². The number of ketones is 1. The monoisotopic (exact) mass is 420 g/mol. The highest BCUT2D eigenvalue weighted by Gasteiger charge is 2.49. The summed E-state index contributed by atoms with van der Waals surface area (Å²) in [4.78, 5) is 38.4. The van der Waals surface area contributed by atoms with Gasteiger partial charge in [0.05, 0.1) is 18.8 Å². The first-order valence-corrected chi connectivity index (χ1v) is 11.7. The molecule has 2 amide bonds. The fourth-order valence-electron chi connectivity index (χ4n) is 4.69. The number of nitrogens with one attached hydrogen (secondary N) is 1. The molecule has 0 aromatic rings. The molecule has 0 radical (unpaired) electrons. The van der Waals surface area contributed by atoms with Gasteiger partial charge in [-0.3, -0.25) is 14.4 Å². The highest BCUT2D eigenvalue weighted by molar-refractivity contribution is 5.84. The molecule has 0 aromatic carbocycles. The second-order valence-corrected chi connectivity index (χ2v) is 8.83. The van der Waals surface area contributed by atoms with Gasteiger partial charge in [-0.25, -0.2) is 0 Å². The van der Waals surface area contributed by atoms with Crippen LogP contribution in [0.2, 0.25) is 0 Å². The highest BCUT2D eigenvalue weighted by Crippen LogP contribution is 2.45. The summed E-state index contributed by atoms with van der Waals surface area (Å²) in [6, 6.07) is 0. The maximum atomic E-state index is 12.4. The third kappa shape index (κ3) is 7.53. The number of hydrogen-bond donors (Lipinski definition) is 1. The van der Waals surface area contributed by atoms with Crippen molar-refractivity contribution in [1.82, 2.24) is 10.2 Å². The fraction of sp³-hybridized carbons (Fsp3) is 0.792. The van der Waals surface area contributed by atoms with Crippen LogP contribution >= 0.6 is 0 Å². The standard InChI is InChI=1S/C24H40N2O4/c1-4-6-8-10-11-18(27)15-19-20(22-14-13-21(19)30-22)16-25-23(28)17-26(3)24(29)12-9-7-5-2/h4,6,19-22H,5,7-17H2,1-3H3,(H,25,28)/b6-4+. The summed E-state index contributed by atoms with van der Waals surface area (Å²) in [5.74, 6) is 0.572. The van der Waals surface area contributed by atoms with Gasteiger partial charge in [-0.05, 0) is 44.9 Å². The van der Waals surface area contributed by atoms with Gasteiger partial charge in [0.2, 0.25) is 11.8 Å². The van der Waals surface area contributed by atoms with E-state index in [1.807, 2.05) is 13.0 Å². The van der Waals surface area contributed by atoms with Crippen LogP contribution in [0, 0.1) is 11.8 Å². The lowest BCUT2D eigenvalue weighted by molar-refractivity contribution is -0.134. The van der Waals surface area contributed by atoms with E-state index in [0.717, 1.165) is 44.9 Å². The zero-order chi connectivity index (χ0) is 21.9. The quantitative estimate of drug-likeness (QED) is 0.344. The Hall–Kier alpha value is -1.69. The Morgan fingerprint density at radius 1 is 1.07 bits per heavy atom. The van der Waals surface area contributed by atoms with Crippen LogP contribution in [0.3, 0.4) is 0 Å². The molecule has 2 fully saturated rings. The smallest absolute Gasteiger partial charge is 0.239 e. The Morgan fingerprint density at radius 2 is 1.80 bits per heavy atom. The van der Waals surface area contributed by atoms with Crippen LogP contribution in [0.15, 0.2) is 12.2 Å². The lowest BCUT2D eigenvalue weighted by Crippen LogP contribution is -2.43. The van der Waals surface area contributed by atoms with Crippen LogP contribution in [0.25, 0.3) is 0 Å². The number of fused-ring (bicyclic) bond motifs is 2. The molecule has 0 aliphatic carbocycles. The van der Waals surface area contributed by atoms with Crippen molar-refractivity contribution in [3.63, 3.8) is 0 Å². The molecule has 6 heteroatoms. The summed E-state index contributed by atoms with van der Waals surface area (Å²) in [7, 11) is 1.68. The average molecular weight is 421 g/mol. The minimum Gasteiger partial charge on any atom is -0.374 e. The molecule has 1 N–H and O–H groups in total.